The summed E-state index contributed by atoms with van der Waals surface area (Å²) < 4.78 is 29.0. The van der Waals surface area contributed by atoms with E-state index in [9.17, 15) is 18.0 Å². The topological polar surface area (TPSA) is 78.0 Å². The molecule has 0 N–H and O–H groups in total. The predicted octanol–water partition coefficient (Wildman–Crippen LogP) is 0.677. The lowest BCUT2D eigenvalue weighted by atomic mass is 10.0. The molecule has 1 aliphatic carbocycles. The maximum atomic E-state index is 13.0. The fourth-order valence-electron chi connectivity index (χ4n) is 5.05. The zero-order valence-corrected chi connectivity index (χ0v) is 15.9. The summed E-state index contributed by atoms with van der Waals surface area (Å²) in [7, 11) is -3.55. The van der Waals surface area contributed by atoms with Gasteiger partial charge in [-0.1, -0.05) is 20.8 Å². The molecule has 0 aromatic heterocycles. The number of fused-ring (bicyclic) bond motifs is 1. The zero-order valence-electron chi connectivity index (χ0n) is 15.1. The van der Waals surface area contributed by atoms with Gasteiger partial charge in [0.25, 0.3) is 10.2 Å². The van der Waals surface area contributed by atoms with E-state index in [1.165, 1.54) is 13.5 Å². The summed E-state index contributed by atoms with van der Waals surface area (Å²) >= 11 is 0. The Kier molecular flexibility index (Phi) is 4.01. The van der Waals surface area contributed by atoms with Crippen LogP contribution in [0.3, 0.4) is 0 Å². The van der Waals surface area contributed by atoms with Crippen molar-refractivity contribution in [1.29, 1.82) is 0 Å². The highest BCUT2D eigenvalue weighted by molar-refractivity contribution is 7.86. The van der Waals surface area contributed by atoms with Crippen LogP contribution in [0.4, 0.5) is 0 Å². The monoisotopic (exact) mass is 369 g/mol. The minimum atomic E-state index is -3.55. The second kappa shape index (κ2) is 5.76. The number of rotatable bonds is 3. The predicted molar refractivity (Wildman–Crippen MR) is 91.5 cm³/mol. The molecule has 1 saturated carbocycles. The first kappa shape index (κ1) is 17.4. The van der Waals surface area contributed by atoms with Gasteiger partial charge in [0.1, 0.15) is 0 Å². The Morgan fingerprint density at radius 1 is 1.04 bits per heavy atom. The Balaban J connectivity index is 1.59. The third-order valence-corrected chi connectivity index (χ3v) is 8.91. The number of nitrogens with zero attached hydrogens (tertiary/aromatic N) is 3. The molecule has 3 heterocycles. The SMILES string of the molecule is C[C@@H]1C(=O)N(C(=O)C2[C@@H](C)[C@H]2C)[C@H]2CCN(S(=O)(=O)N3CCCC3)[C@H]12. The Hall–Kier alpha value is -0.990. The van der Waals surface area contributed by atoms with E-state index >= 15 is 0 Å². The van der Waals surface area contributed by atoms with Crippen molar-refractivity contribution in [2.24, 2.45) is 23.7 Å². The molecule has 4 aliphatic rings. The van der Waals surface area contributed by atoms with Crippen LogP contribution in [-0.2, 0) is 19.8 Å². The molecule has 6 atom stereocenters. The zero-order chi connectivity index (χ0) is 18.1. The van der Waals surface area contributed by atoms with E-state index < -0.39 is 22.2 Å². The minimum Gasteiger partial charge on any atom is -0.277 e. The third-order valence-electron chi connectivity index (χ3n) is 6.87. The van der Waals surface area contributed by atoms with Gasteiger partial charge in [-0.2, -0.15) is 17.0 Å². The summed E-state index contributed by atoms with van der Waals surface area (Å²) in [6.45, 7) is 7.34. The minimum absolute atomic E-state index is 0.0841. The Morgan fingerprint density at radius 3 is 2.20 bits per heavy atom. The molecule has 3 saturated heterocycles. The van der Waals surface area contributed by atoms with Crippen LogP contribution in [0, 0.1) is 23.7 Å². The standard InChI is InChI=1S/C17H27N3O4S/c1-10-11(2)14(10)17(22)20-13-6-9-19(15(13)12(3)16(20)21)25(23,24)18-7-4-5-8-18/h10-15H,4-9H2,1-3H3/t10-,11+,12-,13-,14?,15+/m0/s1. The van der Waals surface area contributed by atoms with Crippen LogP contribution in [0.5, 0.6) is 0 Å². The van der Waals surface area contributed by atoms with Gasteiger partial charge >= 0.3 is 0 Å². The maximum Gasteiger partial charge on any atom is 0.282 e. The average Bonchev–Trinajstić information content (AvgIpc) is 3.07. The Bertz CT molecular complexity index is 695. The van der Waals surface area contributed by atoms with E-state index in [2.05, 4.69) is 0 Å². The van der Waals surface area contributed by atoms with Crippen LogP contribution in [0.2, 0.25) is 0 Å². The average molecular weight is 369 g/mol. The number of amides is 2. The molecule has 0 aromatic carbocycles. The normalized spacial score (nSPS) is 42.2. The second-order valence-electron chi connectivity index (χ2n) is 8.15. The van der Waals surface area contributed by atoms with Crippen molar-refractivity contribution in [3.8, 4) is 0 Å². The summed E-state index contributed by atoms with van der Waals surface area (Å²) in [6, 6.07) is -0.709. The van der Waals surface area contributed by atoms with Gasteiger partial charge in [-0.25, -0.2) is 0 Å². The van der Waals surface area contributed by atoms with E-state index in [-0.39, 0.29) is 23.8 Å². The first-order valence-corrected chi connectivity index (χ1v) is 10.8. The van der Waals surface area contributed by atoms with Crippen LogP contribution in [0.15, 0.2) is 0 Å². The molecular formula is C17H27N3O4S. The van der Waals surface area contributed by atoms with Crippen molar-refractivity contribution in [2.45, 2.75) is 52.1 Å². The smallest absolute Gasteiger partial charge is 0.277 e. The molecule has 0 aromatic rings. The quantitative estimate of drug-likeness (QED) is 0.685. The molecule has 0 bridgehead atoms. The highest BCUT2D eigenvalue weighted by atomic mass is 32.2. The van der Waals surface area contributed by atoms with Crippen molar-refractivity contribution in [3.05, 3.63) is 0 Å². The molecule has 0 radical (unpaired) electrons. The highest BCUT2D eigenvalue weighted by Crippen LogP contribution is 2.49. The summed E-state index contributed by atoms with van der Waals surface area (Å²) in [5.41, 5.74) is 0. The van der Waals surface area contributed by atoms with Crippen LogP contribution in [-0.4, -0.2) is 65.5 Å². The molecule has 140 valence electrons. The van der Waals surface area contributed by atoms with Crippen molar-refractivity contribution < 1.29 is 18.0 Å². The summed E-state index contributed by atoms with van der Waals surface area (Å²) in [6.07, 6.45) is 2.32. The van der Waals surface area contributed by atoms with E-state index in [4.69, 9.17) is 0 Å². The van der Waals surface area contributed by atoms with E-state index in [1.54, 1.807) is 6.92 Å². The molecule has 4 fully saturated rings. The van der Waals surface area contributed by atoms with Crippen molar-refractivity contribution in [1.82, 2.24) is 13.5 Å². The maximum absolute atomic E-state index is 13.0. The van der Waals surface area contributed by atoms with Crippen LogP contribution in [0.1, 0.15) is 40.0 Å². The van der Waals surface area contributed by atoms with E-state index in [1.807, 2.05) is 13.8 Å². The van der Waals surface area contributed by atoms with Crippen LogP contribution in [0.25, 0.3) is 0 Å². The van der Waals surface area contributed by atoms with E-state index in [0.29, 0.717) is 37.9 Å². The van der Waals surface area contributed by atoms with Crippen molar-refractivity contribution >= 4 is 22.0 Å². The van der Waals surface area contributed by atoms with Gasteiger partial charge in [0.05, 0.1) is 18.0 Å². The highest BCUT2D eigenvalue weighted by Gasteiger charge is 2.61. The van der Waals surface area contributed by atoms with Gasteiger partial charge in [0.2, 0.25) is 11.8 Å². The lowest BCUT2D eigenvalue weighted by molar-refractivity contribution is -0.146. The number of hydrogen-bond donors (Lipinski definition) is 0. The molecule has 8 heteroatoms. The van der Waals surface area contributed by atoms with Gasteiger partial charge in [-0.05, 0) is 31.1 Å². The van der Waals surface area contributed by atoms with Gasteiger partial charge in [-0.3, -0.25) is 14.5 Å². The molecule has 1 unspecified atom stereocenters. The number of carbonyl (C=O) groups is 2. The first-order valence-electron chi connectivity index (χ1n) is 9.40. The fourth-order valence-corrected chi connectivity index (χ4v) is 7.03. The van der Waals surface area contributed by atoms with Crippen molar-refractivity contribution in [2.75, 3.05) is 19.6 Å². The Morgan fingerprint density at radius 2 is 1.64 bits per heavy atom. The molecule has 4 rings (SSSR count). The third kappa shape index (κ3) is 2.40. The van der Waals surface area contributed by atoms with E-state index in [0.717, 1.165) is 12.8 Å². The summed E-state index contributed by atoms with van der Waals surface area (Å²) in [5, 5.41) is 0. The summed E-state index contributed by atoms with van der Waals surface area (Å²) in [4.78, 5) is 27.1. The number of likely N-dealkylation sites (tertiary alicyclic amines) is 1. The number of carbonyl (C=O) groups excluding carboxylic acids is 2. The van der Waals surface area contributed by atoms with Gasteiger partial charge in [-0.15, -0.1) is 0 Å². The lowest BCUT2D eigenvalue weighted by Gasteiger charge is -2.29. The van der Waals surface area contributed by atoms with Gasteiger partial charge in [0, 0.05) is 25.6 Å². The number of imide groups is 1. The van der Waals surface area contributed by atoms with Crippen LogP contribution >= 0.6 is 0 Å². The second-order valence-corrected chi connectivity index (χ2v) is 10.0. The summed E-state index contributed by atoms with van der Waals surface area (Å²) in [5.74, 6) is -0.226. The fraction of sp³-hybridized carbons (Fsp3) is 0.882. The molecule has 3 aliphatic heterocycles. The molecule has 2 amide bonds. The largest absolute Gasteiger partial charge is 0.282 e. The molecule has 0 spiro atoms. The van der Waals surface area contributed by atoms with Gasteiger partial charge < -0.3 is 0 Å². The molecule has 25 heavy (non-hydrogen) atoms. The Labute approximate surface area is 149 Å². The lowest BCUT2D eigenvalue weighted by Crippen LogP contribution is -2.48. The number of hydrogen-bond acceptors (Lipinski definition) is 4. The van der Waals surface area contributed by atoms with Crippen molar-refractivity contribution in [3.63, 3.8) is 0 Å². The van der Waals surface area contributed by atoms with Gasteiger partial charge in [0.15, 0.2) is 0 Å². The molecule has 7 nitrogen and oxygen atoms in total. The first-order chi connectivity index (χ1) is 11.8. The van der Waals surface area contributed by atoms with Crippen LogP contribution < -0.4 is 0 Å². The molecular weight excluding hydrogens is 342 g/mol.